The van der Waals surface area contributed by atoms with Crippen molar-refractivity contribution in [2.45, 2.75) is 32.9 Å². The SMILES string of the molecule is CCc1ccccc1CNC(C)c1ccncc1. The first kappa shape index (κ1) is 12.8. The normalized spacial score (nSPS) is 12.3. The monoisotopic (exact) mass is 240 g/mol. The molecule has 0 saturated heterocycles. The van der Waals surface area contributed by atoms with Gasteiger partial charge in [-0.25, -0.2) is 0 Å². The third kappa shape index (κ3) is 3.17. The van der Waals surface area contributed by atoms with Crippen LogP contribution in [-0.2, 0) is 13.0 Å². The summed E-state index contributed by atoms with van der Waals surface area (Å²) in [6, 6.07) is 13.1. The highest BCUT2D eigenvalue weighted by Gasteiger charge is 2.05. The van der Waals surface area contributed by atoms with Crippen molar-refractivity contribution in [1.29, 1.82) is 0 Å². The second-order valence-corrected chi connectivity index (χ2v) is 4.51. The van der Waals surface area contributed by atoms with Gasteiger partial charge in [0.05, 0.1) is 0 Å². The Morgan fingerprint density at radius 1 is 1.06 bits per heavy atom. The molecule has 2 rings (SSSR count). The third-order valence-corrected chi connectivity index (χ3v) is 3.30. The van der Waals surface area contributed by atoms with Crippen molar-refractivity contribution in [2.24, 2.45) is 0 Å². The lowest BCUT2D eigenvalue weighted by atomic mass is 10.0. The first-order chi connectivity index (χ1) is 8.81. The average Bonchev–Trinajstić information content (AvgIpc) is 2.46. The van der Waals surface area contributed by atoms with Crippen molar-refractivity contribution >= 4 is 0 Å². The maximum absolute atomic E-state index is 4.05. The maximum atomic E-state index is 4.05. The number of aromatic nitrogens is 1. The Balaban J connectivity index is 1.99. The molecule has 1 atom stereocenters. The number of hydrogen-bond donors (Lipinski definition) is 1. The van der Waals surface area contributed by atoms with Gasteiger partial charge in [0.2, 0.25) is 0 Å². The Morgan fingerprint density at radius 2 is 1.72 bits per heavy atom. The molecule has 0 amide bonds. The van der Waals surface area contributed by atoms with E-state index in [0.29, 0.717) is 6.04 Å². The summed E-state index contributed by atoms with van der Waals surface area (Å²) in [5, 5.41) is 3.56. The lowest BCUT2D eigenvalue weighted by Gasteiger charge is -2.15. The topological polar surface area (TPSA) is 24.9 Å². The molecule has 1 heterocycles. The zero-order valence-electron chi connectivity index (χ0n) is 11.1. The molecule has 2 aromatic rings. The van der Waals surface area contributed by atoms with Gasteiger partial charge < -0.3 is 5.32 Å². The number of nitrogens with one attached hydrogen (secondary N) is 1. The minimum Gasteiger partial charge on any atom is -0.306 e. The summed E-state index contributed by atoms with van der Waals surface area (Å²) < 4.78 is 0. The smallest absolute Gasteiger partial charge is 0.0296 e. The van der Waals surface area contributed by atoms with Crippen molar-refractivity contribution in [3.05, 3.63) is 65.5 Å². The van der Waals surface area contributed by atoms with Crippen LogP contribution in [0.4, 0.5) is 0 Å². The van der Waals surface area contributed by atoms with Gasteiger partial charge >= 0.3 is 0 Å². The van der Waals surface area contributed by atoms with Gasteiger partial charge in [-0.2, -0.15) is 0 Å². The zero-order valence-corrected chi connectivity index (χ0v) is 11.1. The van der Waals surface area contributed by atoms with E-state index in [1.54, 1.807) is 0 Å². The molecule has 0 spiro atoms. The Hall–Kier alpha value is -1.67. The van der Waals surface area contributed by atoms with E-state index in [0.717, 1.165) is 13.0 Å². The number of hydrogen-bond acceptors (Lipinski definition) is 2. The summed E-state index contributed by atoms with van der Waals surface area (Å²) >= 11 is 0. The predicted molar refractivity (Wildman–Crippen MR) is 75.3 cm³/mol. The lowest BCUT2D eigenvalue weighted by Crippen LogP contribution is -2.18. The summed E-state index contributed by atoms with van der Waals surface area (Å²) in [5.74, 6) is 0. The molecule has 2 nitrogen and oxygen atoms in total. The first-order valence-electron chi connectivity index (χ1n) is 6.51. The third-order valence-electron chi connectivity index (χ3n) is 3.30. The van der Waals surface area contributed by atoms with Gasteiger partial charge in [-0.1, -0.05) is 31.2 Å². The first-order valence-corrected chi connectivity index (χ1v) is 6.51. The van der Waals surface area contributed by atoms with Crippen molar-refractivity contribution < 1.29 is 0 Å². The predicted octanol–water partition coefficient (Wildman–Crippen LogP) is 3.49. The van der Waals surface area contributed by atoms with Crippen molar-refractivity contribution in [3.63, 3.8) is 0 Å². The van der Waals surface area contributed by atoms with Gasteiger partial charge in [0, 0.05) is 25.0 Å². The zero-order chi connectivity index (χ0) is 12.8. The van der Waals surface area contributed by atoms with E-state index >= 15 is 0 Å². The second kappa shape index (κ2) is 6.31. The number of pyridine rings is 1. The van der Waals surface area contributed by atoms with Crippen LogP contribution in [0.25, 0.3) is 0 Å². The molecule has 1 N–H and O–H groups in total. The van der Waals surface area contributed by atoms with Gasteiger partial charge in [-0.15, -0.1) is 0 Å². The van der Waals surface area contributed by atoms with Gasteiger partial charge in [0.15, 0.2) is 0 Å². The van der Waals surface area contributed by atoms with E-state index in [2.05, 4.69) is 60.5 Å². The summed E-state index contributed by atoms with van der Waals surface area (Å²) in [7, 11) is 0. The highest BCUT2D eigenvalue weighted by Crippen LogP contribution is 2.14. The average molecular weight is 240 g/mol. The van der Waals surface area contributed by atoms with Crippen molar-refractivity contribution in [2.75, 3.05) is 0 Å². The van der Waals surface area contributed by atoms with Gasteiger partial charge in [0.1, 0.15) is 0 Å². The minimum atomic E-state index is 0.345. The lowest BCUT2D eigenvalue weighted by molar-refractivity contribution is 0.572. The number of aryl methyl sites for hydroxylation is 1. The van der Waals surface area contributed by atoms with Crippen LogP contribution in [0.3, 0.4) is 0 Å². The largest absolute Gasteiger partial charge is 0.306 e. The molecule has 0 fully saturated rings. The van der Waals surface area contributed by atoms with Crippen LogP contribution in [0.2, 0.25) is 0 Å². The number of rotatable bonds is 5. The highest BCUT2D eigenvalue weighted by molar-refractivity contribution is 5.27. The fraction of sp³-hybridized carbons (Fsp3) is 0.312. The fourth-order valence-electron chi connectivity index (χ4n) is 2.11. The van der Waals surface area contributed by atoms with E-state index in [9.17, 15) is 0 Å². The number of benzene rings is 1. The summed E-state index contributed by atoms with van der Waals surface area (Å²) in [5.41, 5.74) is 4.09. The van der Waals surface area contributed by atoms with Crippen LogP contribution in [0, 0.1) is 0 Å². The van der Waals surface area contributed by atoms with Crippen LogP contribution in [0.15, 0.2) is 48.8 Å². The van der Waals surface area contributed by atoms with Crippen LogP contribution in [0.5, 0.6) is 0 Å². The standard InChI is InChI=1S/C16H20N2/c1-3-14-6-4-5-7-16(14)12-18-13(2)15-8-10-17-11-9-15/h4-11,13,18H,3,12H2,1-2H3. The summed E-state index contributed by atoms with van der Waals surface area (Å²) in [6.45, 7) is 5.29. The minimum absolute atomic E-state index is 0.345. The number of nitrogens with zero attached hydrogens (tertiary/aromatic N) is 1. The Bertz CT molecular complexity index is 479. The maximum Gasteiger partial charge on any atom is 0.0296 e. The van der Waals surface area contributed by atoms with E-state index in [1.807, 2.05) is 12.4 Å². The quantitative estimate of drug-likeness (QED) is 0.865. The molecule has 0 aliphatic heterocycles. The molecule has 1 aromatic heterocycles. The highest BCUT2D eigenvalue weighted by atomic mass is 14.9. The second-order valence-electron chi connectivity index (χ2n) is 4.51. The van der Waals surface area contributed by atoms with Crippen LogP contribution < -0.4 is 5.32 Å². The van der Waals surface area contributed by atoms with E-state index in [1.165, 1.54) is 16.7 Å². The molecule has 0 aliphatic carbocycles. The molecule has 0 bridgehead atoms. The summed E-state index contributed by atoms with van der Waals surface area (Å²) in [6.07, 6.45) is 4.77. The van der Waals surface area contributed by atoms with Gasteiger partial charge in [-0.05, 0) is 42.2 Å². The fourth-order valence-corrected chi connectivity index (χ4v) is 2.11. The summed E-state index contributed by atoms with van der Waals surface area (Å²) in [4.78, 5) is 4.05. The molecular formula is C16H20N2. The Morgan fingerprint density at radius 3 is 2.39 bits per heavy atom. The molecule has 0 radical (unpaired) electrons. The molecule has 2 heteroatoms. The van der Waals surface area contributed by atoms with Gasteiger partial charge in [-0.3, -0.25) is 4.98 Å². The van der Waals surface area contributed by atoms with Crippen molar-refractivity contribution in [1.82, 2.24) is 10.3 Å². The van der Waals surface area contributed by atoms with E-state index in [-0.39, 0.29) is 0 Å². The van der Waals surface area contributed by atoms with E-state index in [4.69, 9.17) is 0 Å². The molecule has 1 unspecified atom stereocenters. The molecular weight excluding hydrogens is 220 g/mol. The molecule has 1 aromatic carbocycles. The molecule has 18 heavy (non-hydrogen) atoms. The molecule has 0 aliphatic rings. The van der Waals surface area contributed by atoms with Crippen LogP contribution in [-0.4, -0.2) is 4.98 Å². The Kier molecular flexibility index (Phi) is 4.48. The Labute approximate surface area is 109 Å². The van der Waals surface area contributed by atoms with E-state index < -0.39 is 0 Å². The van der Waals surface area contributed by atoms with Crippen LogP contribution in [0.1, 0.15) is 36.6 Å². The van der Waals surface area contributed by atoms with Crippen molar-refractivity contribution in [3.8, 4) is 0 Å². The molecule has 94 valence electrons. The van der Waals surface area contributed by atoms with Crippen LogP contribution >= 0.6 is 0 Å². The molecule has 0 saturated carbocycles. The van der Waals surface area contributed by atoms with Gasteiger partial charge in [0.25, 0.3) is 0 Å².